The number of amides is 1. The third-order valence-corrected chi connectivity index (χ3v) is 5.30. The number of carbonyl (C=O) groups is 1. The van der Waals surface area contributed by atoms with Gasteiger partial charge in [0, 0.05) is 23.6 Å². The van der Waals surface area contributed by atoms with Crippen LogP contribution < -0.4 is 14.8 Å². The first kappa shape index (κ1) is 19.0. The Morgan fingerprint density at radius 3 is 2.90 bits per heavy atom. The van der Waals surface area contributed by atoms with Crippen LogP contribution in [0.4, 0.5) is 0 Å². The normalized spacial score (nSPS) is 14.8. The van der Waals surface area contributed by atoms with Crippen molar-refractivity contribution >= 4 is 16.9 Å². The Labute approximate surface area is 178 Å². The number of aryl methyl sites for hydroxylation is 1. The van der Waals surface area contributed by atoms with Crippen molar-refractivity contribution in [3.63, 3.8) is 0 Å². The van der Waals surface area contributed by atoms with Crippen LogP contribution in [0.1, 0.15) is 21.7 Å². The fourth-order valence-electron chi connectivity index (χ4n) is 3.76. The molecule has 2 N–H and O–H groups in total. The molecule has 1 aliphatic rings. The number of nitrogens with one attached hydrogen (secondary N) is 2. The van der Waals surface area contributed by atoms with Gasteiger partial charge >= 0.3 is 0 Å². The van der Waals surface area contributed by atoms with Crippen molar-refractivity contribution in [1.29, 1.82) is 0 Å². The lowest BCUT2D eigenvalue weighted by molar-refractivity contribution is 0.0933. The molecule has 1 atom stereocenters. The summed E-state index contributed by atoms with van der Waals surface area (Å²) in [5.74, 6) is 2.00. The van der Waals surface area contributed by atoms with E-state index in [2.05, 4.69) is 31.5 Å². The van der Waals surface area contributed by atoms with Gasteiger partial charge in [-0.15, -0.1) is 10.2 Å². The van der Waals surface area contributed by atoms with E-state index in [0.717, 1.165) is 39.4 Å². The number of imidazole rings is 1. The molecule has 8 nitrogen and oxygen atoms in total. The average molecular weight is 415 g/mol. The van der Waals surface area contributed by atoms with Gasteiger partial charge in [-0.3, -0.25) is 4.79 Å². The molecule has 0 aliphatic carbocycles. The number of H-pyrrole nitrogens is 1. The number of hydrogen-bond donors (Lipinski definition) is 2. The quantitative estimate of drug-likeness (QED) is 0.519. The fourth-order valence-corrected chi connectivity index (χ4v) is 3.76. The molecule has 4 aromatic rings. The maximum Gasteiger partial charge on any atom is 0.251 e. The first-order chi connectivity index (χ1) is 15.1. The molecule has 3 heterocycles. The Morgan fingerprint density at radius 1 is 1.19 bits per heavy atom. The second kappa shape index (κ2) is 7.71. The molecule has 0 fully saturated rings. The van der Waals surface area contributed by atoms with Gasteiger partial charge in [0.05, 0.1) is 30.4 Å². The van der Waals surface area contributed by atoms with Gasteiger partial charge in [-0.2, -0.15) is 0 Å². The maximum absolute atomic E-state index is 12.6. The third-order valence-electron chi connectivity index (χ3n) is 5.30. The summed E-state index contributed by atoms with van der Waals surface area (Å²) in [6, 6.07) is 15.1. The van der Waals surface area contributed by atoms with Gasteiger partial charge in [0.25, 0.3) is 5.91 Å². The first-order valence-electron chi connectivity index (χ1n) is 10.0. The second-order valence-corrected chi connectivity index (χ2v) is 7.49. The zero-order valence-corrected chi connectivity index (χ0v) is 17.2. The summed E-state index contributed by atoms with van der Waals surface area (Å²) >= 11 is 0. The van der Waals surface area contributed by atoms with Crippen molar-refractivity contribution in [2.75, 3.05) is 13.7 Å². The van der Waals surface area contributed by atoms with Gasteiger partial charge in [-0.05, 0) is 55.0 Å². The monoisotopic (exact) mass is 415 g/mol. The van der Waals surface area contributed by atoms with Crippen LogP contribution in [0.3, 0.4) is 0 Å². The molecule has 0 bridgehead atoms. The predicted molar refractivity (Wildman–Crippen MR) is 115 cm³/mol. The third kappa shape index (κ3) is 3.79. The minimum Gasteiger partial charge on any atom is -0.488 e. The van der Waals surface area contributed by atoms with E-state index in [4.69, 9.17) is 9.47 Å². The van der Waals surface area contributed by atoms with Gasteiger partial charge in [0.2, 0.25) is 5.88 Å². The molecule has 1 amide bonds. The molecule has 1 aliphatic heterocycles. The standard InChI is InChI=1S/C23H21N5O3/c1-13-25-19-5-3-15(11-20(19)26-13)23(29)24-12-17-10-16-9-14(4-7-21(16)31-17)18-6-8-22(30-2)28-27-18/h3-9,11,17H,10,12H2,1-2H3,(H,24,29)(H,25,26). The maximum atomic E-state index is 12.6. The van der Waals surface area contributed by atoms with Gasteiger partial charge in [-0.1, -0.05) is 0 Å². The highest BCUT2D eigenvalue weighted by Crippen LogP contribution is 2.32. The Bertz CT molecular complexity index is 1270. The van der Waals surface area contributed by atoms with Gasteiger partial charge in [0.15, 0.2) is 0 Å². The zero-order chi connectivity index (χ0) is 21.4. The van der Waals surface area contributed by atoms with E-state index in [1.807, 2.05) is 37.3 Å². The molecular formula is C23H21N5O3. The highest BCUT2D eigenvalue weighted by molar-refractivity contribution is 5.97. The first-order valence-corrected chi connectivity index (χ1v) is 10.0. The number of rotatable bonds is 5. The Balaban J connectivity index is 1.23. The van der Waals surface area contributed by atoms with Crippen LogP contribution in [-0.2, 0) is 6.42 Å². The minimum atomic E-state index is -0.136. The van der Waals surface area contributed by atoms with Gasteiger partial charge < -0.3 is 19.8 Å². The highest BCUT2D eigenvalue weighted by Gasteiger charge is 2.24. The van der Waals surface area contributed by atoms with Gasteiger partial charge in [-0.25, -0.2) is 4.98 Å². The van der Waals surface area contributed by atoms with E-state index < -0.39 is 0 Å². The van der Waals surface area contributed by atoms with Crippen LogP contribution in [-0.4, -0.2) is 45.8 Å². The van der Waals surface area contributed by atoms with Crippen LogP contribution in [0.2, 0.25) is 0 Å². The Hall–Kier alpha value is -3.94. The predicted octanol–water partition coefficient (Wildman–Crippen LogP) is 3.07. The number of nitrogens with zero attached hydrogens (tertiary/aromatic N) is 3. The number of benzene rings is 2. The van der Waals surface area contributed by atoms with Crippen LogP contribution in [0.5, 0.6) is 11.6 Å². The van der Waals surface area contributed by atoms with E-state index in [0.29, 0.717) is 24.4 Å². The van der Waals surface area contributed by atoms with E-state index in [-0.39, 0.29) is 12.0 Å². The summed E-state index contributed by atoms with van der Waals surface area (Å²) in [5.41, 5.74) is 5.11. The number of methoxy groups -OCH3 is 1. The van der Waals surface area contributed by atoms with E-state index >= 15 is 0 Å². The molecule has 0 saturated heterocycles. The van der Waals surface area contributed by atoms with E-state index in [1.165, 1.54) is 0 Å². The smallest absolute Gasteiger partial charge is 0.251 e. The largest absolute Gasteiger partial charge is 0.488 e. The van der Waals surface area contributed by atoms with Crippen molar-refractivity contribution in [2.24, 2.45) is 0 Å². The van der Waals surface area contributed by atoms with Crippen LogP contribution in [0.25, 0.3) is 22.3 Å². The second-order valence-electron chi connectivity index (χ2n) is 7.49. The van der Waals surface area contributed by atoms with Crippen molar-refractivity contribution < 1.29 is 14.3 Å². The van der Waals surface area contributed by atoms with Gasteiger partial charge in [0.1, 0.15) is 17.7 Å². The lowest BCUT2D eigenvalue weighted by Gasteiger charge is -2.12. The number of aromatic nitrogens is 4. The molecule has 31 heavy (non-hydrogen) atoms. The molecule has 5 rings (SSSR count). The fraction of sp³-hybridized carbons (Fsp3) is 0.217. The molecule has 0 saturated carbocycles. The Kier molecular flexibility index (Phi) is 4.74. The van der Waals surface area contributed by atoms with Crippen molar-refractivity contribution in [1.82, 2.24) is 25.5 Å². The summed E-state index contributed by atoms with van der Waals surface area (Å²) in [5, 5.41) is 11.2. The molecule has 0 spiro atoms. The zero-order valence-electron chi connectivity index (χ0n) is 17.2. The van der Waals surface area contributed by atoms with Crippen molar-refractivity contribution in [3.05, 3.63) is 65.5 Å². The van der Waals surface area contributed by atoms with E-state index in [9.17, 15) is 4.79 Å². The Morgan fingerprint density at radius 2 is 2.10 bits per heavy atom. The lowest BCUT2D eigenvalue weighted by atomic mass is 10.0. The lowest BCUT2D eigenvalue weighted by Crippen LogP contribution is -2.34. The molecule has 8 heteroatoms. The van der Waals surface area contributed by atoms with Crippen LogP contribution >= 0.6 is 0 Å². The number of hydrogen-bond acceptors (Lipinski definition) is 6. The number of aromatic amines is 1. The molecule has 156 valence electrons. The van der Waals surface area contributed by atoms with Crippen LogP contribution in [0.15, 0.2) is 48.5 Å². The molecular weight excluding hydrogens is 394 g/mol. The molecule has 2 aromatic heterocycles. The van der Waals surface area contributed by atoms with Crippen molar-refractivity contribution in [2.45, 2.75) is 19.4 Å². The SMILES string of the molecule is COc1ccc(-c2ccc3c(c2)CC(CNC(=O)c2ccc4nc(C)[nH]c4c2)O3)nn1. The molecule has 2 aromatic carbocycles. The van der Waals surface area contributed by atoms with Crippen molar-refractivity contribution in [3.8, 4) is 22.9 Å². The number of carbonyl (C=O) groups excluding carboxylic acids is 1. The average Bonchev–Trinajstić information content (AvgIpc) is 3.38. The summed E-state index contributed by atoms with van der Waals surface area (Å²) < 4.78 is 11.1. The minimum absolute atomic E-state index is 0.116. The summed E-state index contributed by atoms with van der Waals surface area (Å²) in [7, 11) is 1.56. The topological polar surface area (TPSA) is 102 Å². The summed E-state index contributed by atoms with van der Waals surface area (Å²) in [4.78, 5) is 20.1. The summed E-state index contributed by atoms with van der Waals surface area (Å²) in [6.45, 7) is 2.31. The van der Waals surface area contributed by atoms with E-state index in [1.54, 1.807) is 19.2 Å². The molecule has 0 radical (unpaired) electrons. The molecule has 1 unspecified atom stereocenters. The summed E-state index contributed by atoms with van der Waals surface area (Å²) in [6.07, 6.45) is 0.598. The number of ether oxygens (including phenoxy) is 2. The number of fused-ring (bicyclic) bond motifs is 2. The van der Waals surface area contributed by atoms with Crippen LogP contribution in [0, 0.1) is 6.92 Å². The highest BCUT2D eigenvalue weighted by atomic mass is 16.5.